The van der Waals surface area contributed by atoms with Crippen molar-refractivity contribution < 1.29 is 14.7 Å². The minimum atomic E-state index is -0.707. The van der Waals surface area contributed by atoms with Crippen molar-refractivity contribution in [3.05, 3.63) is 30.3 Å². The van der Waals surface area contributed by atoms with Crippen molar-refractivity contribution >= 4 is 17.5 Å². The molecule has 17 heavy (non-hydrogen) atoms. The van der Waals surface area contributed by atoms with Gasteiger partial charge in [0.25, 0.3) is 0 Å². The highest BCUT2D eigenvalue weighted by Gasteiger charge is 2.12. The SMILES string of the molecule is CC(O)CCNC(=O)C(=O)Nc1ccccc1. The molecule has 0 saturated carbocycles. The van der Waals surface area contributed by atoms with Gasteiger partial charge in [-0.3, -0.25) is 9.59 Å². The van der Waals surface area contributed by atoms with E-state index in [1.165, 1.54) is 0 Å². The van der Waals surface area contributed by atoms with Crippen LogP contribution in [0.1, 0.15) is 13.3 Å². The fourth-order valence-corrected chi connectivity index (χ4v) is 1.18. The van der Waals surface area contributed by atoms with Crippen molar-refractivity contribution in [2.24, 2.45) is 0 Å². The second kappa shape index (κ2) is 6.65. The number of carbonyl (C=O) groups excluding carboxylic acids is 2. The Bertz CT molecular complexity index is 377. The Morgan fingerprint density at radius 3 is 2.47 bits per heavy atom. The lowest BCUT2D eigenvalue weighted by atomic mass is 10.3. The maximum absolute atomic E-state index is 11.4. The molecule has 0 aliphatic carbocycles. The quantitative estimate of drug-likeness (QED) is 0.667. The highest BCUT2D eigenvalue weighted by atomic mass is 16.3. The van der Waals surface area contributed by atoms with Gasteiger partial charge >= 0.3 is 11.8 Å². The van der Waals surface area contributed by atoms with Crippen LogP contribution in [0.25, 0.3) is 0 Å². The van der Waals surface area contributed by atoms with E-state index in [0.29, 0.717) is 12.1 Å². The largest absolute Gasteiger partial charge is 0.393 e. The fourth-order valence-electron chi connectivity index (χ4n) is 1.18. The van der Waals surface area contributed by atoms with E-state index in [1.807, 2.05) is 6.07 Å². The maximum Gasteiger partial charge on any atom is 0.313 e. The molecule has 5 heteroatoms. The van der Waals surface area contributed by atoms with Crippen LogP contribution in [-0.4, -0.2) is 29.6 Å². The summed E-state index contributed by atoms with van der Waals surface area (Å²) in [6.07, 6.45) is -0.0721. The Morgan fingerprint density at radius 2 is 1.88 bits per heavy atom. The van der Waals surface area contributed by atoms with E-state index in [0.717, 1.165) is 0 Å². The summed E-state index contributed by atoms with van der Waals surface area (Å²) in [5.74, 6) is -1.41. The first-order chi connectivity index (χ1) is 8.09. The minimum absolute atomic E-state index is 0.276. The van der Waals surface area contributed by atoms with E-state index in [9.17, 15) is 9.59 Å². The molecule has 0 fully saturated rings. The van der Waals surface area contributed by atoms with E-state index in [4.69, 9.17) is 5.11 Å². The first-order valence-electron chi connectivity index (χ1n) is 5.42. The Hall–Kier alpha value is -1.88. The van der Waals surface area contributed by atoms with Gasteiger partial charge in [-0.25, -0.2) is 0 Å². The molecule has 0 heterocycles. The summed E-state index contributed by atoms with van der Waals surface area (Å²) in [5.41, 5.74) is 0.572. The molecule has 0 aliphatic rings. The number of amides is 2. The van der Waals surface area contributed by atoms with Gasteiger partial charge in [0, 0.05) is 12.2 Å². The Morgan fingerprint density at radius 1 is 1.24 bits per heavy atom. The summed E-state index contributed by atoms with van der Waals surface area (Å²) >= 11 is 0. The number of rotatable bonds is 4. The molecule has 0 radical (unpaired) electrons. The smallest absolute Gasteiger partial charge is 0.313 e. The highest BCUT2D eigenvalue weighted by molar-refractivity contribution is 6.39. The van der Waals surface area contributed by atoms with Gasteiger partial charge in [0.05, 0.1) is 6.10 Å². The van der Waals surface area contributed by atoms with Gasteiger partial charge in [0.15, 0.2) is 0 Å². The van der Waals surface area contributed by atoms with Crippen LogP contribution in [0.5, 0.6) is 0 Å². The van der Waals surface area contributed by atoms with Gasteiger partial charge in [-0.1, -0.05) is 18.2 Å². The topological polar surface area (TPSA) is 78.4 Å². The van der Waals surface area contributed by atoms with E-state index in [2.05, 4.69) is 10.6 Å². The average Bonchev–Trinajstić information content (AvgIpc) is 2.29. The van der Waals surface area contributed by atoms with Crippen molar-refractivity contribution in [3.63, 3.8) is 0 Å². The first-order valence-corrected chi connectivity index (χ1v) is 5.42. The van der Waals surface area contributed by atoms with Crippen LogP contribution in [0.2, 0.25) is 0 Å². The molecule has 1 unspecified atom stereocenters. The number of hydrogen-bond donors (Lipinski definition) is 3. The number of hydrogen-bond acceptors (Lipinski definition) is 3. The van der Waals surface area contributed by atoms with Gasteiger partial charge in [-0.05, 0) is 25.5 Å². The first kappa shape index (κ1) is 13.2. The third kappa shape index (κ3) is 5.12. The zero-order chi connectivity index (χ0) is 12.7. The Kier molecular flexibility index (Phi) is 5.16. The predicted octanol–water partition coefficient (Wildman–Crippen LogP) is 0.512. The predicted molar refractivity (Wildman–Crippen MR) is 64.4 cm³/mol. The summed E-state index contributed by atoms with van der Waals surface area (Å²) in [7, 11) is 0. The number of nitrogens with one attached hydrogen (secondary N) is 2. The third-order valence-electron chi connectivity index (χ3n) is 2.09. The molecule has 0 bridgehead atoms. The molecule has 1 atom stereocenters. The van der Waals surface area contributed by atoms with Crippen LogP contribution >= 0.6 is 0 Å². The lowest BCUT2D eigenvalue weighted by Gasteiger charge is -2.07. The van der Waals surface area contributed by atoms with Crippen LogP contribution < -0.4 is 10.6 Å². The Labute approximate surface area is 99.8 Å². The lowest BCUT2D eigenvalue weighted by Crippen LogP contribution is -2.36. The fraction of sp³-hybridized carbons (Fsp3) is 0.333. The van der Waals surface area contributed by atoms with Crippen LogP contribution in [0.15, 0.2) is 30.3 Å². The highest BCUT2D eigenvalue weighted by Crippen LogP contribution is 2.04. The zero-order valence-corrected chi connectivity index (χ0v) is 9.64. The van der Waals surface area contributed by atoms with Gasteiger partial charge in [-0.15, -0.1) is 0 Å². The molecule has 3 N–H and O–H groups in total. The molecule has 0 aliphatic heterocycles. The molecule has 5 nitrogen and oxygen atoms in total. The average molecular weight is 236 g/mol. The summed E-state index contributed by atoms with van der Waals surface area (Å²) in [5, 5.41) is 13.9. The number of benzene rings is 1. The molecule has 1 rings (SSSR count). The van der Waals surface area contributed by atoms with E-state index >= 15 is 0 Å². The molecule has 92 valence electrons. The Balaban J connectivity index is 2.35. The molecule has 1 aromatic rings. The number of carbonyl (C=O) groups is 2. The van der Waals surface area contributed by atoms with Gasteiger partial charge < -0.3 is 15.7 Å². The van der Waals surface area contributed by atoms with Crippen molar-refractivity contribution in [2.45, 2.75) is 19.4 Å². The summed E-state index contributed by atoms with van der Waals surface area (Å²) in [6.45, 7) is 1.90. The van der Waals surface area contributed by atoms with E-state index in [-0.39, 0.29) is 6.54 Å². The third-order valence-corrected chi connectivity index (χ3v) is 2.09. The number of para-hydroxylation sites is 1. The van der Waals surface area contributed by atoms with Crippen molar-refractivity contribution in [1.82, 2.24) is 5.32 Å². The molecule has 0 spiro atoms. The minimum Gasteiger partial charge on any atom is -0.393 e. The summed E-state index contributed by atoms with van der Waals surface area (Å²) in [4.78, 5) is 22.7. The van der Waals surface area contributed by atoms with E-state index in [1.54, 1.807) is 31.2 Å². The van der Waals surface area contributed by atoms with Crippen LogP contribution in [0.3, 0.4) is 0 Å². The lowest BCUT2D eigenvalue weighted by molar-refractivity contribution is -0.136. The molecule has 0 saturated heterocycles. The van der Waals surface area contributed by atoms with Gasteiger partial charge in [0.1, 0.15) is 0 Å². The van der Waals surface area contributed by atoms with Gasteiger partial charge in [-0.2, -0.15) is 0 Å². The molecule has 2 amide bonds. The summed E-state index contributed by atoms with van der Waals surface area (Å²) in [6, 6.07) is 8.74. The molecular formula is C12H16N2O3. The van der Waals surface area contributed by atoms with Crippen LogP contribution in [0.4, 0.5) is 5.69 Å². The molecule has 1 aromatic carbocycles. The van der Waals surface area contributed by atoms with E-state index < -0.39 is 17.9 Å². The second-order valence-corrected chi connectivity index (χ2v) is 3.71. The normalized spacial score (nSPS) is 11.6. The zero-order valence-electron chi connectivity index (χ0n) is 9.64. The number of anilines is 1. The van der Waals surface area contributed by atoms with Crippen LogP contribution in [0, 0.1) is 0 Å². The standard InChI is InChI=1S/C12H16N2O3/c1-9(15)7-8-13-11(16)12(17)14-10-5-3-2-4-6-10/h2-6,9,15H,7-8H2,1H3,(H,13,16)(H,14,17). The summed E-state index contributed by atoms with van der Waals surface area (Å²) < 4.78 is 0. The number of aliphatic hydroxyl groups is 1. The van der Waals surface area contributed by atoms with Crippen LogP contribution in [-0.2, 0) is 9.59 Å². The van der Waals surface area contributed by atoms with Gasteiger partial charge in [0.2, 0.25) is 0 Å². The van der Waals surface area contributed by atoms with Crippen molar-refractivity contribution in [3.8, 4) is 0 Å². The molecule has 0 aromatic heterocycles. The number of aliphatic hydroxyl groups excluding tert-OH is 1. The second-order valence-electron chi connectivity index (χ2n) is 3.71. The monoisotopic (exact) mass is 236 g/mol. The van der Waals surface area contributed by atoms with Crippen molar-refractivity contribution in [2.75, 3.05) is 11.9 Å². The maximum atomic E-state index is 11.4. The molecular weight excluding hydrogens is 220 g/mol. The van der Waals surface area contributed by atoms with Crippen molar-refractivity contribution in [1.29, 1.82) is 0 Å².